The second-order valence-electron chi connectivity index (χ2n) is 5.34. The number of ether oxygens (including phenoxy) is 1. The third-order valence-corrected chi connectivity index (χ3v) is 2.82. The molecule has 0 spiro atoms. The lowest BCUT2D eigenvalue weighted by atomic mass is 9.98. The molecule has 1 heterocycles. The fourth-order valence-corrected chi connectivity index (χ4v) is 1.92. The third-order valence-electron chi connectivity index (χ3n) is 2.82. The summed E-state index contributed by atoms with van der Waals surface area (Å²) in [6.45, 7) is 13.0. The lowest BCUT2D eigenvalue weighted by Crippen LogP contribution is -2.40. The zero-order valence-corrected chi connectivity index (χ0v) is 11.4. The Hall–Kier alpha value is -1.25. The maximum Gasteiger partial charge on any atom is 0.410 e. The van der Waals surface area contributed by atoms with Crippen molar-refractivity contribution in [1.29, 1.82) is 0 Å². The van der Waals surface area contributed by atoms with E-state index in [1.54, 1.807) is 4.90 Å². The average Bonchev–Trinajstić information content (AvgIpc) is 2.25. The highest BCUT2D eigenvalue weighted by Crippen LogP contribution is 2.22. The molecule has 0 N–H and O–H groups in total. The molecular formula is C14H23NO2. The Bertz CT molecular complexity index is 337. The molecule has 0 unspecified atom stereocenters. The summed E-state index contributed by atoms with van der Waals surface area (Å²) in [4.78, 5) is 13.7. The van der Waals surface area contributed by atoms with Crippen molar-refractivity contribution in [3.05, 3.63) is 23.8 Å². The monoisotopic (exact) mass is 237 g/mol. The minimum atomic E-state index is -0.430. The molecule has 1 amide bonds. The van der Waals surface area contributed by atoms with Crippen LogP contribution < -0.4 is 0 Å². The number of nitrogens with zero attached hydrogens (tertiary/aromatic N) is 1. The normalized spacial score (nSPS) is 17.1. The van der Waals surface area contributed by atoms with E-state index >= 15 is 0 Å². The molecule has 3 nitrogen and oxygen atoms in total. The van der Waals surface area contributed by atoms with Gasteiger partial charge in [-0.25, -0.2) is 4.79 Å². The lowest BCUT2D eigenvalue weighted by Gasteiger charge is -2.31. The predicted octanol–water partition coefficient (Wildman–Crippen LogP) is 3.52. The fraction of sp³-hybridized carbons (Fsp3) is 0.643. The Morgan fingerprint density at radius 2 is 2.18 bits per heavy atom. The molecule has 96 valence electrons. The first-order valence-electron chi connectivity index (χ1n) is 6.18. The van der Waals surface area contributed by atoms with Gasteiger partial charge in [-0.15, -0.1) is 0 Å². The predicted molar refractivity (Wildman–Crippen MR) is 69.9 cm³/mol. The van der Waals surface area contributed by atoms with E-state index in [1.165, 1.54) is 11.1 Å². The highest BCUT2D eigenvalue weighted by atomic mass is 16.6. The molecule has 0 atom stereocenters. The Balaban J connectivity index is 2.69. The van der Waals surface area contributed by atoms with Gasteiger partial charge in [0, 0.05) is 13.1 Å². The van der Waals surface area contributed by atoms with Crippen LogP contribution >= 0.6 is 0 Å². The largest absolute Gasteiger partial charge is 0.444 e. The Labute approximate surface area is 104 Å². The van der Waals surface area contributed by atoms with Gasteiger partial charge in [0.05, 0.1) is 0 Å². The first kappa shape index (κ1) is 13.8. The second-order valence-corrected chi connectivity index (χ2v) is 5.34. The number of carbonyl (C=O) groups is 1. The van der Waals surface area contributed by atoms with Gasteiger partial charge in [-0.1, -0.05) is 25.2 Å². The smallest absolute Gasteiger partial charge is 0.410 e. The van der Waals surface area contributed by atoms with Gasteiger partial charge < -0.3 is 9.64 Å². The van der Waals surface area contributed by atoms with Crippen LogP contribution in [0.4, 0.5) is 4.79 Å². The van der Waals surface area contributed by atoms with E-state index in [9.17, 15) is 4.79 Å². The zero-order valence-electron chi connectivity index (χ0n) is 11.4. The molecule has 0 bridgehead atoms. The molecular weight excluding hydrogens is 214 g/mol. The van der Waals surface area contributed by atoms with E-state index in [0.29, 0.717) is 6.54 Å². The molecule has 0 fully saturated rings. The van der Waals surface area contributed by atoms with Gasteiger partial charge in [0.25, 0.3) is 0 Å². The minimum absolute atomic E-state index is 0.230. The SMILES string of the molecule is C=CC1=C(CC)CCN(C(=O)OC(C)(C)C)C1. The molecule has 3 heteroatoms. The fourth-order valence-electron chi connectivity index (χ4n) is 1.92. The third kappa shape index (κ3) is 3.91. The summed E-state index contributed by atoms with van der Waals surface area (Å²) in [5.74, 6) is 0. The molecule has 0 aliphatic carbocycles. The summed E-state index contributed by atoms with van der Waals surface area (Å²) in [5, 5.41) is 0. The summed E-state index contributed by atoms with van der Waals surface area (Å²) < 4.78 is 5.37. The van der Waals surface area contributed by atoms with Crippen LogP contribution in [0.25, 0.3) is 0 Å². The van der Waals surface area contributed by atoms with Crippen LogP contribution in [-0.4, -0.2) is 29.7 Å². The van der Waals surface area contributed by atoms with E-state index in [1.807, 2.05) is 26.8 Å². The van der Waals surface area contributed by atoms with Crippen LogP contribution in [0.1, 0.15) is 40.5 Å². The molecule has 0 aromatic carbocycles. The molecule has 0 saturated heterocycles. The number of hydrogen-bond acceptors (Lipinski definition) is 2. The lowest BCUT2D eigenvalue weighted by molar-refractivity contribution is 0.0261. The van der Waals surface area contributed by atoms with E-state index in [0.717, 1.165) is 19.4 Å². The van der Waals surface area contributed by atoms with Crippen LogP contribution in [0, 0.1) is 0 Å². The second kappa shape index (κ2) is 5.39. The van der Waals surface area contributed by atoms with Gasteiger partial charge in [0.1, 0.15) is 5.60 Å². The van der Waals surface area contributed by atoms with Gasteiger partial charge in [0.15, 0.2) is 0 Å². The van der Waals surface area contributed by atoms with E-state index in [-0.39, 0.29) is 6.09 Å². The van der Waals surface area contributed by atoms with Gasteiger partial charge in [-0.3, -0.25) is 0 Å². The van der Waals surface area contributed by atoms with Gasteiger partial charge in [-0.2, -0.15) is 0 Å². The quantitative estimate of drug-likeness (QED) is 0.735. The number of amides is 1. The summed E-state index contributed by atoms with van der Waals surface area (Å²) >= 11 is 0. The number of rotatable bonds is 2. The first-order valence-corrected chi connectivity index (χ1v) is 6.18. The van der Waals surface area contributed by atoms with Crippen LogP contribution in [0.2, 0.25) is 0 Å². The highest BCUT2D eigenvalue weighted by molar-refractivity contribution is 5.69. The van der Waals surface area contributed by atoms with Crippen molar-refractivity contribution in [2.45, 2.75) is 46.1 Å². The van der Waals surface area contributed by atoms with Gasteiger partial charge in [-0.05, 0) is 39.2 Å². The average molecular weight is 237 g/mol. The highest BCUT2D eigenvalue weighted by Gasteiger charge is 2.25. The first-order chi connectivity index (χ1) is 7.87. The van der Waals surface area contributed by atoms with E-state index in [2.05, 4.69) is 13.5 Å². The maximum atomic E-state index is 11.9. The summed E-state index contributed by atoms with van der Waals surface area (Å²) in [6, 6.07) is 0. The van der Waals surface area contributed by atoms with E-state index in [4.69, 9.17) is 4.74 Å². The summed E-state index contributed by atoms with van der Waals surface area (Å²) in [5.41, 5.74) is 2.14. The van der Waals surface area contributed by atoms with Crippen molar-refractivity contribution in [3.8, 4) is 0 Å². The van der Waals surface area contributed by atoms with Gasteiger partial charge >= 0.3 is 6.09 Å². The molecule has 0 aromatic rings. The molecule has 0 saturated carbocycles. The van der Waals surface area contributed by atoms with Crippen LogP contribution in [-0.2, 0) is 4.74 Å². The van der Waals surface area contributed by atoms with Crippen molar-refractivity contribution in [3.63, 3.8) is 0 Å². The van der Waals surface area contributed by atoms with Crippen LogP contribution in [0.5, 0.6) is 0 Å². The standard InChI is InChI=1S/C14H23NO2/c1-6-11-8-9-15(10-12(11)7-2)13(16)17-14(3,4)5/h7H,2,6,8-10H2,1,3-5H3. The Kier molecular flexibility index (Phi) is 4.38. The number of carbonyl (C=O) groups excluding carboxylic acids is 1. The topological polar surface area (TPSA) is 29.5 Å². The zero-order chi connectivity index (χ0) is 13.1. The Morgan fingerprint density at radius 3 is 2.65 bits per heavy atom. The Morgan fingerprint density at radius 1 is 1.53 bits per heavy atom. The van der Waals surface area contributed by atoms with Gasteiger partial charge in [0.2, 0.25) is 0 Å². The van der Waals surface area contributed by atoms with Crippen LogP contribution in [0.15, 0.2) is 23.8 Å². The maximum absolute atomic E-state index is 11.9. The van der Waals surface area contributed by atoms with Crippen molar-refractivity contribution in [2.24, 2.45) is 0 Å². The number of hydrogen-bond donors (Lipinski definition) is 0. The van der Waals surface area contributed by atoms with Crippen molar-refractivity contribution in [1.82, 2.24) is 4.90 Å². The minimum Gasteiger partial charge on any atom is -0.444 e. The molecule has 0 aromatic heterocycles. The van der Waals surface area contributed by atoms with E-state index < -0.39 is 5.60 Å². The van der Waals surface area contributed by atoms with Crippen molar-refractivity contribution < 1.29 is 9.53 Å². The van der Waals surface area contributed by atoms with Crippen molar-refractivity contribution >= 4 is 6.09 Å². The molecule has 1 aliphatic rings. The molecule has 0 radical (unpaired) electrons. The summed E-state index contributed by atoms with van der Waals surface area (Å²) in [7, 11) is 0. The molecule has 1 aliphatic heterocycles. The molecule has 1 rings (SSSR count). The summed E-state index contributed by atoms with van der Waals surface area (Å²) in [6.07, 6.45) is 3.59. The van der Waals surface area contributed by atoms with Crippen molar-refractivity contribution in [2.75, 3.05) is 13.1 Å². The van der Waals surface area contributed by atoms with Crippen LogP contribution in [0.3, 0.4) is 0 Å². The molecule has 17 heavy (non-hydrogen) atoms.